The minimum atomic E-state index is -0.994. The predicted octanol–water partition coefficient (Wildman–Crippen LogP) is 1.18. The Bertz CT molecular complexity index is 653. The van der Waals surface area contributed by atoms with Crippen LogP contribution in [0.2, 0.25) is 0 Å². The van der Waals surface area contributed by atoms with Crippen molar-refractivity contribution in [2.75, 3.05) is 19.7 Å². The van der Waals surface area contributed by atoms with Gasteiger partial charge in [0.05, 0.1) is 36.8 Å². The van der Waals surface area contributed by atoms with Crippen molar-refractivity contribution < 1.29 is 20.1 Å². The molecular formula is C22H34N2O4. The molecule has 0 spiro atoms. The van der Waals surface area contributed by atoms with Gasteiger partial charge in [0.25, 0.3) is 0 Å². The standard InChI is InChI=1S/C22H34N2O4/c1-2-3-4-5-8-11-24-18(20(26)21(27)19(24)14-25)13-23-22(28)17-12-15-9-6-7-10-16(15)17/h6-7,9-10,17-21,25-27H,2-5,8,11-14H2,1H3,(H,23,28)/t17?,18-,19-,20-,21-/m1/s1. The number of likely N-dealkylation sites (tertiary alicyclic amines) is 1. The van der Waals surface area contributed by atoms with Crippen LogP contribution in [0, 0.1) is 0 Å². The van der Waals surface area contributed by atoms with Crippen LogP contribution in [-0.4, -0.2) is 70.1 Å². The molecule has 1 unspecified atom stereocenters. The second-order valence-corrected chi connectivity index (χ2v) is 8.15. The first-order valence-corrected chi connectivity index (χ1v) is 10.7. The third-order valence-corrected chi connectivity index (χ3v) is 6.35. The van der Waals surface area contributed by atoms with Crippen molar-refractivity contribution in [2.45, 2.75) is 75.7 Å². The normalized spacial score (nSPS) is 29.4. The summed E-state index contributed by atoms with van der Waals surface area (Å²) < 4.78 is 0. The summed E-state index contributed by atoms with van der Waals surface area (Å²) >= 11 is 0. The average Bonchev–Trinajstić information content (AvgIpc) is 2.90. The Morgan fingerprint density at radius 2 is 1.82 bits per heavy atom. The average molecular weight is 391 g/mol. The molecule has 28 heavy (non-hydrogen) atoms. The van der Waals surface area contributed by atoms with Crippen LogP contribution < -0.4 is 5.32 Å². The number of rotatable bonds is 10. The number of hydrogen-bond donors (Lipinski definition) is 4. The molecule has 1 aromatic rings. The first-order chi connectivity index (χ1) is 13.6. The van der Waals surface area contributed by atoms with E-state index in [-0.39, 0.29) is 31.0 Å². The lowest BCUT2D eigenvalue weighted by Gasteiger charge is -2.32. The Hall–Kier alpha value is -1.47. The Labute approximate surface area is 167 Å². The van der Waals surface area contributed by atoms with Crippen LogP contribution >= 0.6 is 0 Å². The van der Waals surface area contributed by atoms with E-state index in [0.717, 1.165) is 24.8 Å². The molecule has 1 aliphatic carbocycles. The summed E-state index contributed by atoms with van der Waals surface area (Å²) in [7, 11) is 0. The van der Waals surface area contributed by atoms with Gasteiger partial charge in [-0.25, -0.2) is 0 Å². The Kier molecular flexibility index (Phi) is 7.46. The molecule has 1 fully saturated rings. The van der Waals surface area contributed by atoms with Crippen LogP contribution in [0.5, 0.6) is 0 Å². The molecule has 1 aliphatic heterocycles. The number of carbonyl (C=O) groups excluding carboxylic acids is 1. The van der Waals surface area contributed by atoms with E-state index in [0.29, 0.717) is 6.54 Å². The second-order valence-electron chi connectivity index (χ2n) is 8.15. The highest BCUT2D eigenvalue weighted by Crippen LogP contribution is 2.35. The Morgan fingerprint density at radius 3 is 2.54 bits per heavy atom. The lowest BCUT2D eigenvalue weighted by molar-refractivity contribution is -0.123. The lowest BCUT2D eigenvalue weighted by Crippen LogP contribution is -2.49. The summed E-state index contributed by atoms with van der Waals surface area (Å²) in [5, 5.41) is 33.5. The van der Waals surface area contributed by atoms with Gasteiger partial charge in [0.15, 0.2) is 0 Å². The van der Waals surface area contributed by atoms with E-state index in [1.807, 2.05) is 29.2 Å². The smallest absolute Gasteiger partial charge is 0.227 e. The van der Waals surface area contributed by atoms with Gasteiger partial charge in [0.2, 0.25) is 5.91 Å². The van der Waals surface area contributed by atoms with Crippen molar-refractivity contribution in [1.82, 2.24) is 10.2 Å². The minimum Gasteiger partial charge on any atom is -0.395 e. The Balaban J connectivity index is 1.56. The molecule has 2 aliphatic rings. The maximum absolute atomic E-state index is 12.6. The third-order valence-electron chi connectivity index (χ3n) is 6.35. The van der Waals surface area contributed by atoms with Gasteiger partial charge in [-0.05, 0) is 30.5 Å². The van der Waals surface area contributed by atoms with Crippen LogP contribution in [0.25, 0.3) is 0 Å². The first-order valence-electron chi connectivity index (χ1n) is 10.7. The monoisotopic (exact) mass is 390 g/mol. The number of unbranched alkanes of at least 4 members (excludes halogenated alkanes) is 4. The number of amides is 1. The maximum atomic E-state index is 12.6. The molecule has 6 heteroatoms. The summed E-state index contributed by atoms with van der Waals surface area (Å²) in [4.78, 5) is 14.6. The third kappa shape index (κ3) is 4.40. The molecule has 1 heterocycles. The summed E-state index contributed by atoms with van der Waals surface area (Å²) in [5.74, 6) is -0.161. The van der Waals surface area contributed by atoms with Crippen LogP contribution in [0.3, 0.4) is 0 Å². The lowest BCUT2D eigenvalue weighted by atomic mass is 9.77. The van der Waals surface area contributed by atoms with Crippen molar-refractivity contribution in [2.24, 2.45) is 0 Å². The number of carbonyl (C=O) groups is 1. The largest absolute Gasteiger partial charge is 0.395 e. The molecule has 4 N–H and O–H groups in total. The highest BCUT2D eigenvalue weighted by atomic mass is 16.3. The molecule has 0 bridgehead atoms. The van der Waals surface area contributed by atoms with Crippen molar-refractivity contribution in [3.63, 3.8) is 0 Å². The summed E-state index contributed by atoms with van der Waals surface area (Å²) in [6.45, 7) is 2.96. The molecule has 0 aromatic heterocycles. The highest BCUT2D eigenvalue weighted by Gasteiger charge is 2.47. The van der Waals surface area contributed by atoms with Gasteiger partial charge in [-0.3, -0.25) is 9.69 Å². The van der Waals surface area contributed by atoms with Crippen LogP contribution in [0.1, 0.15) is 56.1 Å². The number of nitrogens with zero attached hydrogens (tertiary/aromatic N) is 1. The van der Waals surface area contributed by atoms with Gasteiger partial charge in [-0.1, -0.05) is 56.9 Å². The SMILES string of the molecule is CCCCCCCN1[C@H](CO)[C@@H](O)[C@H](O)[C@H]1CNC(=O)C1Cc2ccccc21. The van der Waals surface area contributed by atoms with Crippen molar-refractivity contribution in [3.8, 4) is 0 Å². The topological polar surface area (TPSA) is 93.0 Å². The quantitative estimate of drug-likeness (QED) is 0.450. The van der Waals surface area contributed by atoms with E-state index >= 15 is 0 Å². The fourth-order valence-corrected chi connectivity index (χ4v) is 4.60. The minimum absolute atomic E-state index is 0.0317. The highest BCUT2D eigenvalue weighted by molar-refractivity contribution is 5.86. The summed E-state index contributed by atoms with van der Waals surface area (Å²) in [6.07, 6.45) is 4.38. The van der Waals surface area contributed by atoms with Gasteiger partial charge >= 0.3 is 0 Å². The maximum Gasteiger partial charge on any atom is 0.227 e. The van der Waals surface area contributed by atoms with Crippen molar-refractivity contribution in [1.29, 1.82) is 0 Å². The Morgan fingerprint density at radius 1 is 1.11 bits per heavy atom. The summed E-state index contributed by atoms with van der Waals surface area (Å²) in [6, 6.07) is 7.10. The number of fused-ring (bicyclic) bond motifs is 1. The van der Waals surface area contributed by atoms with E-state index < -0.39 is 18.2 Å². The fourth-order valence-electron chi connectivity index (χ4n) is 4.60. The van der Waals surface area contributed by atoms with Gasteiger partial charge in [0, 0.05) is 6.54 Å². The van der Waals surface area contributed by atoms with Crippen LogP contribution in [0.4, 0.5) is 0 Å². The molecule has 1 aromatic carbocycles. The molecule has 5 atom stereocenters. The van der Waals surface area contributed by atoms with Gasteiger partial charge in [0.1, 0.15) is 0 Å². The van der Waals surface area contributed by atoms with Crippen molar-refractivity contribution in [3.05, 3.63) is 35.4 Å². The van der Waals surface area contributed by atoms with Gasteiger partial charge in [-0.15, -0.1) is 0 Å². The van der Waals surface area contributed by atoms with Crippen molar-refractivity contribution >= 4 is 5.91 Å². The molecule has 0 saturated carbocycles. The van der Waals surface area contributed by atoms with E-state index in [9.17, 15) is 20.1 Å². The molecule has 156 valence electrons. The van der Waals surface area contributed by atoms with E-state index in [2.05, 4.69) is 12.2 Å². The number of nitrogens with one attached hydrogen (secondary N) is 1. The zero-order chi connectivity index (χ0) is 20.1. The molecule has 1 saturated heterocycles. The number of benzene rings is 1. The second kappa shape index (κ2) is 9.83. The molecule has 6 nitrogen and oxygen atoms in total. The molecular weight excluding hydrogens is 356 g/mol. The van der Waals surface area contributed by atoms with Gasteiger partial charge in [-0.2, -0.15) is 0 Å². The van der Waals surface area contributed by atoms with E-state index in [1.165, 1.54) is 24.8 Å². The predicted molar refractivity (Wildman–Crippen MR) is 108 cm³/mol. The molecule has 0 radical (unpaired) electrons. The fraction of sp³-hybridized carbons (Fsp3) is 0.682. The van der Waals surface area contributed by atoms with Crippen LogP contribution in [0.15, 0.2) is 24.3 Å². The number of hydrogen-bond acceptors (Lipinski definition) is 5. The van der Waals surface area contributed by atoms with Crippen LogP contribution in [-0.2, 0) is 11.2 Å². The molecule has 1 amide bonds. The van der Waals surface area contributed by atoms with Gasteiger partial charge < -0.3 is 20.6 Å². The van der Waals surface area contributed by atoms with E-state index in [1.54, 1.807) is 0 Å². The first kappa shape index (κ1) is 21.2. The number of aliphatic hydroxyl groups is 3. The zero-order valence-corrected chi connectivity index (χ0v) is 16.8. The number of aliphatic hydroxyl groups excluding tert-OH is 3. The molecule has 3 rings (SSSR count). The summed E-state index contributed by atoms with van der Waals surface area (Å²) in [5.41, 5.74) is 2.29. The van der Waals surface area contributed by atoms with E-state index in [4.69, 9.17) is 0 Å². The zero-order valence-electron chi connectivity index (χ0n) is 16.8.